The highest BCUT2D eigenvalue weighted by Gasteiger charge is 2.25. The Bertz CT molecular complexity index is 3460. The van der Waals surface area contributed by atoms with Crippen molar-refractivity contribution in [3.8, 4) is 5.69 Å². The molecular weight excluding hydrogens is 709 g/mol. The Morgan fingerprint density at radius 3 is 1.95 bits per heavy atom. The second-order valence-electron chi connectivity index (χ2n) is 16.2. The molecule has 4 heterocycles. The minimum Gasteiger partial charge on any atom is -0.460 e. The molecule has 3 aliphatic rings. The van der Waals surface area contributed by atoms with Crippen molar-refractivity contribution < 1.29 is 8.83 Å². The van der Waals surface area contributed by atoms with Gasteiger partial charge in [-0.25, -0.2) is 0 Å². The van der Waals surface area contributed by atoms with Gasteiger partial charge in [0.15, 0.2) is 0 Å². The molecule has 13 rings (SSSR count). The molecule has 0 saturated heterocycles. The Morgan fingerprint density at radius 1 is 0.466 bits per heavy atom. The molecule has 0 fully saturated rings. The van der Waals surface area contributed by atoms with Crippen LogP contribution in [0.3, 0.4) is 0 Å². The molecule has 0 N–H and O–H groups in total. The standard InChI is InChI=1S/C54H38N2O2/c1-5-16-47-39(12-1)40-13-2-6-17-48(40)55(47)37-22-26-53-45(31-37)43-29-35(20-24-51(43)57-53)33-10-9-11-34(28-33)36-21-25-52-44(30-36)46-32-38(23-27-54(46)58-52)56-49-18-7-3-14-41(49)42-15-4-8-19-50(42)56/h1-7,11-18,20-22,24-26,28-32H,8-10,19,23,27H2. The normalized spacial score (nSPS) is 15.4. The van der Waals surface area contributed by atoms with E-state index < -0.39 is 0 Å². The molecule has 10 aromatic rings. The van der Waals surface area contributed by atoms with E-state index in [1.165, 1.54) is 82.9 Å². The fraction of sp³-hybridized carbons (Fsp3) is 0.111. The molecule has 0 spiro atoms. The second kappa shape index (κ2) is 12.2. The number of fused-ring (bicyclic) bond motifs is 12. The predicted molar refractivity (Wildman–Crippen MR) is 241 cm³/mol. The fourth-order valence-corrected chi connectivity index (χ4v) is 10.3. The molecule has 0 bridgehead atoms. The zero-order valence-electron chi connectivity index (χ0n) is 32.0. The highest BCUT2D eigenvalue weighted by Crippen LogP contribution is 2.42. The zero-order chi connectivity index (χ0) is 37.9. The minimum atomic E-state index is 0.903. The van der Waals surface area contributed by atoms with Crippen molar-refractivity contribution in [3.05, 3.63) is 179 Å². The maximum atomic E-state index is 6.52. The van der Waals surface area contributed by atoms with Gasteiger partial charge in [0.05, 0.1) is 16.6 Å². The minimum absolute atomic E-state index is 0.903. The van der Waals surface area contributed by atoms with E-state index >= 15 is 0 Å². The summed E-state index contributed by atoms with van der Waals surface area (Å²) in [7, 11) is 0. The van der Waals surface area contributed by atoms with Gasteiger partial charge in [0.1, 0.15) is 22.5 Å². The van der Waals surface area contributed by atoms with E-state index in [2.05, 4.69) is 167 Å². The maximum absolute atomic E-state index is 6.52. The molecule has 4 heteroatoms. The first-order valence-corrected chi connectivity index (χ1v) is 20.7. The summed E-state index contributed by atoms with van der Waals surface area (Å²) in [6.07, 6.45) is 17.9. The Labute approximate surface area is 334 Å². The van der Waals surface area contributed by atoms with E-state index in [0.717, 1.165) is 77.5 Å². The van der Waals surface area contributed by atoms with Crippen LogP contribution in [-0.2, 0) is 12.8 Å². The summed E-state index contributed by atoms with van der Waals surface area (Å²) in [5.41, 5.74) is 18.1. The summed E-state index contributed by atoms with van der Waals surface area (Å²) in [5.74, 6) is 1.09. The van der Waals surface area contributed by atoms with Gasteiger partial charge in [-0.3, -0.25) is 0 Å². The number of furan rings is 2. The predicted octanol–water partition coefficient (Wildman–Crippen LogP) is 14.5. The van der Waals surface area contributed by atoms with Crippen LogP contribution in [0.4, 0.5) is 0 Å². The molecule has 276 valence electrons. The number of para-hydroxylation sites is 3. The zero-order valence-corrected chi connectivity index (χ0v) is 32.0. The van der Waals surface area contributed by atoms with Crippen molar-refractivity contribution in [2.45, 2.75) is 38.5 Å². The lowest BCUT2D eigenvalue weighted by Gasteiger charge is -2.19. The highest BCUT2D eigenvalue weighted by atomic mass is 16.3. The lowest BCUT2D eigenvalue weighted by Crippen LogP contribution is -2.08. The largest absolute Gasteiger partial charge is 0.460 e. The maximum Gasteiger partial charge on any atom is 0.135 e. The van der Waals surface area contributed by atoms with Gasteiger partial charge >= 0.3 is 0 Å². The van der Waals surface area contributed by atoms with E-state index in [0.29, 0.717) is 0 Å². The van der Waals surface area contributed by atoms with Crippen molar-refractivity contribution in [3.63, 3.8) is 0 Å². The van der Waals surface area contributed by atoms with Crippen molar-refractivity contribution in [1.82, 2.24) is 9.13 Å². The Kier molecular flexibility index (Phi) is 6.77. The van der Waals surface area contributed by atoms with Crippen LogP contribution in [0.2, 0.25) is 0 Å². The molecule has 0 atom stereocenters. The fourth-order valence-electron chi connectivity index (χ4n) is 10.3. The highest BCUT2D eigenvalue weighted by molar-refractivity contribution is 6.11. The SMILES string of the molecule is C1=Cc2c(n(C3=Cc4c(oc5ccc(C6=CCCC(c7ccc8oc9ccc(-n%10c%11ccccc%11c%11ccccc%11%10)cc9c8c7)=C6)cc45)CC3)c3ccccc23)CC1. The van der Waals surface area contributed by atoms with E-state index in [4.69, 9.17) is 8.83 Å². The number of allylic oxidation sites excluding steroid dienone is 6. The summed E-state index contributed by atoms with van der Waals surface area (Å²) >= 11 is 0. The van der Waals surface area contributed by atoms with Gasteiger partial charge in [-0.1, -0.05) is 91.0 Å². The van der Waals surface area contributed by atoms with Gasteiger partial charge in [0.2, 0.25) is 0 Å². The monoisotopic (exact) mass is 746 g/mol. The third-order valence-electron chi connectivity index (χ3n) is 13.0. The molecule has 0 saturated carbocycles. The first-order chi connectivity index (χ1) is 28.7. The third-order valence-corrected chi connectivity index (χ3v) is 13.0. The van der Waals surface area contributed by atoms with Crippen molar-refractivity contribution >= 4 is 94.6 Å². The summed E-state index contributed by atoms with van der Waals surface area (Å²) in [5, 5.41) is 7.35. The second-order valence-corrected chi connectivity index (χ2v) is 16.2. The van der Waals surface area contributed by atoms with Crippen molar-refractivity contribution in [1.29, 1.82) is 0 Å². The third kappa shape index (κ3) is 4.69. The lowest BCUT2D eigenvalue weighted by molar-refractivity contribution is 0.546. The van der Waals surface area contributed by atoms with Crippen LogP contribution >= 0.6 is 0 Å². The number of hydrogen-bond acceptors (Lipinski definition) is 2. The molecule has 0 amide bonds. The molecule has 4 nitrogen and oxygen atoms in total. The van der Waals surface area contributed by atoms with E-state index in [1.807, 2.05) is 0 Å². The molecule has 0 radical (unpaired) electrons. The number of aryl methyl sites for hydroxylation is 1. The van der Waals surface area contributed by atoms with Crippen LogP contribution in [-0.4, -0.2) is 9.13 Å². The quantitative estimate of drug-likeness (QED) is 0.180. The molecule has 0 aliphatic heterocycles. The summed E-state index contributed by atoms with van der Waals surface area (Å²) < 4.78 is 17.9. The van der Waals surface area contributed by atoms with Crippen molar-refractivity contribution in [2.24, 2.45) is 0 Å². The number of aromatic nitrogens is 2. The van der Waals surface area contributed by atoms with Crippen LogP contribution < -0.4 is 0 Å². The van der Waals surface area contributed by atoms with Gasteiger partial charge in [-0.15, -0.1) is 0 Å². The first-order valence-electron chi connectivity index (χ1n) is 20.7. The number of benzene rings is 6. The Hall–Kier alpha value is -7.04. The van der Waals surface area contributed by atoms with Crippen LogP contribution in [0, 0.1) is 0 Å². The summed E-state index contributed by atoms with van der Waals surface area (Å²) in [4.78, 5) is 0. The average molecular weight is 747 g/mol. The Balaban J connectivity index is 0.879. The van der Waals surface area contributed by atoms with E-state index in [1.54, 1.807) is 0 Å². The molecule has 3 aliphatic carbocycles. The smallest absolute Gasteiger partial charge is 0.135 e. The molecule has 6 aromatic carbocycles. The van der Waals surface area contributed by atoms with Crippen LogP contribution in [0.15, 0.2) is 154 Å². The number of hydrogen-bond donors (Lipinski definition) is 0. The Morgan fingerprint density at radius 2 is 1.14 bits per heavy atom. The molecule has 4 aromatic heterocycles. The molecule has 58 heavy (non-hydrogen) atoms. The van der Waals surface area contributed by atoms with Crippen LogP contribution in [0.5, 0.6) is 0 Å². The van der Waals surface area contributed by atoms with E-state index in [9.17, 15) is 0 Å². The first kappa shape index (κ1) is 32.1. The summed E-state index contributed by atoms with van der Waals surface area (Å²) in [6.45, 7) is 0. The lowest BCUT2D eigenvalue weighted by atomic mass is 9.89. The topological polar surface area (TPSA) is 36.1 Å². The number of rotatable bonds is 4. The van der Waals surface area contributed by atoms with Crippen LogP contribution in [0.1, 0.15) is 59.4 Å². The van der Waals surface area contributed by atoms with Gasteiger partial charge < -0.3 is 18.0 Å². The number of nitrogens with zero attached hydrogens (tertiary/aromatic N) is 2. The van der Waals surface area contributed by atoms with Crippen molar-refractivity contribution in [2.75, 3.05) is 0 Å². The van der Waals surface area contributed by atoms with Gasteiger partial charge in [0, 0.05) is 66.9 Å². The van der Waals surface area contributed by atoms with Gasteiger partial charge in [-0.05, 0) is 121 Å². The molecular formula is C54H38N2O2. The van der Waals surface area contributed by atoms with Gasteiger partial charge in [-0.2, -0.15) is 0 Å². The van der Waals surface area contributed by atoms with Gasteiger partial charge in [0.25, 0.3) is 0 Å². The molecule has 0 unspecified atom stereocenters. The summed E-state index contributed by atoms with van der Waals surface area (Å²) in [6, 6.07) is 46.4. The van der Waals surface area contributed by atoms with E-state index in [-0.39, 0.29) is 0 Å². The van der Waals surface area contributed by atoms with Crippen LogP contribution in [0.25, 0.3) is 100 Å². The average Bonchev–Trinajstić information content (AvgIpc) is 4.03.